The van der Waals surface area contributed by atoms with Gasteiger partial charge in [-0.3, -0.25) is 4.79 Å². The van der Waals surface area contributed by atoms with Gasteiger partial charge in [-0.05, 0) is 37.5 Å². The molecule has 0 aliphatic carbocycles. The van der Waals surface area contributed by atoms with Gasteiger partial charge in [0.1, 0.15) is 5.75 Å². The SMILES string of the molecule is COc1cccc(CCC(C)(O)CC(=O)O)c1. The number of benzene rings is 1. The van der Waals surface area contributed by atoms with E-state index in [-0.39, 0.29) is 6.42 Å². The molecule has 2 N–H and O–H groups in total. The number of carboxylic acids is 1. The third-order valence-corrected chi connectivity index (χ3v) is 2.62. The summed E-state index contributed by atoms with van der Waals surface area (Å²) >= 11 is 0. The van der Waals surface area contributed by atoms with Crippen molar-refractivity contribution >= 4 is 5.97 Å². The Morgan fingerprint density at radius 2 is 2.18 bits per heavy atom. The van der Waals surface area contributed by atoms with Gasteiger partial charge in [-0.25, -0.2) is 0 Å². The van der Waals surface area contributed by atoms with Crippen LogP contribution in [-0.2, 0) is 11.2 Å². The molecule has 0 saturated carbocycles. The minimum absolute atomic E-state index is 0.239. The van der Waals surface area contributed by atoms with Crippen LogP contribution in [0.4, 0.5) is 0 Å². The van der Waals surface area contributed by atoms with Crippen molar-refractivity contribution in [1.29, 1.82) is 0 Å². The van der Waals surface area contributed by atoms with Gasteiger partial charge in [0.25, 0.3) is 0 Å². The van der Waals surface area contributed by atoms with Gasteiger partial charge in [0.15, 0.2) is 0 Å². The number of hydrogen-bond acceptors (Lipinski definition) is 3. The lowest BCUT2D eigenvalue weighted by atomic mass is 9.94. The molecule has 0 radical (unpaired) electrons. The lowest BCUT2D eigenvalue weighted by molar-refractivity contribution is -0.142. The fraction of sp³-hybridized carbons (Fsp3) is 0.462. The fourth-order valence-electron chi connectivity index (χ4n) is 1.66. The van der Waals surface area contributed by atoms with Crippen LogP contribution in [0.15, 0.2) is 24.3 Å². The third-order valence-electron chi connectivity index (χ3n) is 2.62. The topological polar surface area (TPSA) is 66.8 Å². The highest BCUT2D eigenvalue weighted by Gasteiger charge is 2.23. The number of aliphatic hydroxyl groups is 1. The summed E-state index contributed by atoms with van der Waals surface area (Å²) in [7, 11) is 1.60. The van der Waals surface area contributed by atoms with E-state index in [1.54, 1.807) is 14.0 Å². The Hall–Kier alpha value is -1.55. The number of rotatable bonds is 6. The molecular weight excluding hydrogens is 220 g/mol. The van der Waals surface area contributed by atoms with Crippen LogP contribution in [0.1, 0.15) is 25.3 Å². The molecule has 0 heterocycles. The third kappa shape index (κ3) is 4.87. The van der Waals surface area contributed by atoms with E-state index in [0.29, 0.717) is 12.8 Å². The average Bonchev–Trinajstić information content (AvgIpc) is 2.25. The maximum absolute atomic E-state index is 10.5. The van der Waals surface area contributed by atoms with Gasteiger partial charge in [-0.2, -0.15) is 0 Å². The molecule has 94 valence electrons. The van der Waals surface area contributed by atoms with Crippen molar-refractivity contribution in [3.05, 3.63) is 29.8 Å². The summed E-state index contributed by atoms with van der Waals surface area (Å²) in [5, 5.41) is 18.5. The smallest absolute Gasteiger partial charge is 0.306 e. The van der Waals surface area contributed by atoms with Gasteiger partial charge in [-0.1, -0.05) is 12.1 Å². The van der Waals surface area contributed by atoms with Gasteiger partial charge in [-0.15, -0.1) is 0 Å². The maximum Gasteiger partial charge on any atom is 0.306 e. The summed E-state index contributed by atoms with van der Waals surface area (Å²) < 4.78 is 5.09. The van der Waals surface area contributed by atoms with Crippen molar-refractivity contribution in [2.24, 2.45) is 0 Å². The predicted octanol–water partition coefficient (Wildman–Crippen LogP) is 1.85. The molecule has 1 unspecified atom stereocenters. The molecule has 0 fully saturated rings. The summed E-state index contributed by atoms with van der Waals surface area (Å²) in [6, 6.07) is 7.54. The Bertz CT molecular complexity index is 385. The number of carbonyl (C=O) groups is 1. The molecule has 1 aromatic carbocycles. The van der Waals surface area contributed by atoms with Crippen molar-refractivity contribution < 1.29 is 19.7 Å². The zero-order valence-corrected chi connectivity index (χ0v) is 10.1. The van der Waals surface area contributed by atoms with Gasteiger partial charge >= 0.3 is 5.97 Å². The molecule has 4 heteroatoms. The number of aryl methyl sites for hydroxylation is 1. The Balaban J connectivity index is 2.57. The zero-order valence-electron chi connectivity index (χ0n) is 10.1. The van der Waals surface area contributed by atoms with Crippen LogP contribution in [0.3, 0.4) is 0 Å². The molecule has 0 amide bonds. The molecule has 0 aromatic heterocycles. The molecule has 1 aromatic rings. The normalized spacial score (nSPS) is 14.1. The molecule has 4 nitrogen and oxygen atoms in total. The number of ether oxygens (including phenoxy) is 1. The van der Waals surface area contributed by atoms with Crippen LogP contribution in [0.5, 0.6) is 5.75 Å². The summed E-state index contributed by atoms with van der Waals surface area (Å²) in [4.78, 5) is 10.5. The van der Waals surface area contributed by atoms with E-state index < -0.39 is 11.6 Å². The van der Waals surface area contributed by atoms with Crippen molar-refractivity contribution in [2.45, 2.75) is 31.8 Å². The molecule has 0 bridgehead atoms. The highest BCUT2D eigenvalue weighted by Crippen LogP contribution is 2.20. The summed E-state index contributed by atoms with van der Waals surface area (Å²) in [5.74, 6) is -0.221. The Kier molecular flexibility index (Phi) is 4.52. The number of methoxy groups -OCH3 is 1. The zero-order chi connectivity index (χ0) is 12.9. The van der Waals surface area contributed by atoms with Crippen molar-refractivity contribution in [1.82, 2.24) is 0 Å². The monoisotopic (exact) mass is 238 g/mol. The Labute approximate surface area is 101 Å². The highest BCUT2D eigenvalue weighted by molar-refractivity contribution is 5.68. The van der Waals surface area contributed by atoms with Crippen LogP contribution in [0.25, 0.3) is 0 Å². The van der Waals surface area contributed by atoms with Gasteiger partial charge < -0.3 is 14.9 Å². The largest absolute Gasteiger partial charge is 0.497 e. The molecule has 0 saturated heterocycles. The van der Waals surface area contributed by atoms with Crippen molar-refractivity contribution in [3.63, 3.8) is 0 Å². The molecular formula is C13H18O4. The summed E-state index contributed by atoms with van der Waals surface area (Å²) in [6.07, 6.45) is 0.793. The minimum atomic E-state index is -1.17. The van der Waals surface area contributed by atoms with Gasteiger partial charge in [0.05, 0.1) is 19.1 Å². The van der Waals surface area contributed by atoms with E-state index in [9.17, 15) is 9.90 Å². The molecule has 1 rings (SSSR count). The van der Waals surface area contributed by atoms with Gasteiger partial charge in [0, 0.05) is 0 Å². The second-order valence-corrected chi connectivity index (χ2v) is 4.42. The quantitative estimate of drug-likeness (QED) is 0.793. The van der Waals surface area contributed by atoms with Crippen LogP contribution in [0, 0.1) is 0 Å². The van der Waals surface area contributed by atoms with E-state index in [4.69, 9.17) is 9.84 Å². The van der Waals surface area contributed by atoms with Crippen LogP contribution in [-0.4, -0.2) is 28.9 Å². The van der Waals surface area contributed by atoms with Crippen LogP contribution >= 0.6 is 0 Å². The van der Waals surface area contributed by atoms with Crippen molar-refractivity contribution in [3.8, 4) is 5.75 Å². The van der Waals surface area contributed by atoms with Crippen molar-refractivity contribution in [2.75, 3.05) is 7.11 Å². The first-order chi connectivity index (χ1) is 7.93. The first-order valence-corrected chi connectivity index (χ1v) is 5.50. The molecule has 17 heavy (non-hydrogen) atoms. The molecule has 1 atom stereocenters. The van der Waals surface area contributed by atoms with Gasteiger partial charge in [0.2, 0.25) is 0 Å². The Morgan fingerprint density at radius 1 is 1.47 bits per heavy atom. The van der Waals surface area contributed by atoms with Crippen LogP contribution < -0.4 is 4.74 Å². The summed E-state index contributed by atoms with van der Waals surface area (Å²) in [6.45, 7) is 1.54. The first kappa shape index (κ1) is 13.5. The minimum Gasteiger partial charge on any atom is -0.497 e. The first-order valence-electron chi connectivity index (χ1n) is 5.50. The predicted molar refractivity (Wildman–Crippen MR) is 64.2 cm³/mol. The highest BCUT2D eigenvalue weighted by atomic mass is 16.5. The fourth-order valence-corrected chi connectivity index (χ4v) is 1.66. The van der Waals surface area contributed by atoms with E-state index >= 15 is 0 Å². The maximum atomic E-state index is 10.5. The van der Waals surface area contributed by atoms with E-state index in [0.717, 1.165) is 11.3 Å². The molecule has 0 aliphatic rings. The molecule has 0 aliphatic heterocycles. The number of carboxylic acid groups (broad SMARTS) is 1. The second-order valence-electron chi connectivity index (χ2n) is 4.42. The Morgan fingerprint density at radius 3 is 2.76 bits per heavy atom. The summed E-state index contributed by atoms with van der Waals surface area (Å²) in [5.41, 5.74) is -0.149. The molecule has 0 spiro atoms. The second kappa shape index (κ2) is 5.68. The number of aliphatic carboxylic acids is 1. The van der Waals surface area contributed by atoms with E-state index in [2.05, 4.69) is 0 Å². The van der Waals surface area contributed by atoms with E-state index in [1.807, 2.05) is 24.3 Å². The average molecular weight is 238 g/mol. The lowest BCUT2D eigenvalue weighted by Crippen LogP contribution is -2.28. The lowest BCUT2D eigenvalue weighted by Gasteiger charge is -2.20. The number of hydrogen-bond donors (Lipinski definition) is 2. The standard InChI is InChI=1S/C13H18O4/c1-13(16,9-12(14)15)7-6-10-4-3-5-11(8-10)17-2/h3-5,8,16H,6-7,9H2,1-2H3,(H,14,15). The van der Waals surface area contributed by atoms with Crippen LogP contribution in [0.2, 0.25) is 0 Å². The van der Waals surface area contributed by atoms with E-state index in [1.165, 1.54) is 0 Å².